The van der Waals surface area contributed by atoms with Crippen molar-refractivity contribution in [3.05, 3.63) is 83.3 Å². The predicted molar refractivity (Wildman–Crippen MR) is 118 cm³/mol. The van der Waals surface area contributed by atoms with Crippen molar-refractivity contribution >= 4 is 23.2 Å². The van der Waals surface area contributed by atoms with E-state index >= 15 is 0 Å². The molecule has 1 saturated carbocycles. The first-order chi connectivity index (χ1) is 14.5. The molecule has 1 aliphatic rings. The van der Waals surface area contributed by atoms with Gasteiger partial charge in [0.2, 0.25) is 5.91 Å². The highest BCUT2D eigenvalue weighted by Gasteiger charge is 2.42. The van der Waals surface area contributed by atoms with E-state index in [1.165, 1.54) is 11.8 Å². The van der Waals surface area contributed by atoms with E-state index in [4.69, 9.17) is 4.42 Å². The SMILES string of the molecule is Cc1ccc(C2(C(=O)Nc3ccc(NC(=O)c4ccco4)c(C)c3)CCCC2)cc1. The van der Waals surface area contributed by atoms with Crippen LogP contribution >= 0.6 is 0 Å². The fourth-order valence-electron chi connectivity index (χ4n) is 4.22. The molecule has 0 radical (unpaired) electrons. The summed E-state index contributed by atoms with van der Waals surface area (Å²) in [6.07, 6.45) is 5.29. The molecule has 5 heteroatoms. The van der Waals surface area contributed by atoms with Crippen molar-refractivity contribution in [2.24, 2.45) is 0 Å². The molecule has 2 N–H and O–H groups in total. The summed E-state index contributed by atoms with van der Waals surface area (Å²) in [5.41, 5.74) is 4.07. The summed E-state index contributed by atoms with van der Waals surface area (Å²) < 4.78 is 5.13. The molecule has 154 valence electrons. The van der Waals surface area contributed by atoms with Crippen LogP contribution in [0, 0.1) is 13.8 Å². The van der Waals surface area contributed by atoms with Crippen molar-refractivity contribution in [1.82, 2.24) is 0 Å². The molecule has 0 unspecified atom stereocenters. The fourth-order valence-corrected chi connectivity index (χ4v) is 4.22. The molecule has 30 heavy (non-hydrogen) atoms. The zero-order valence-corrected chi connectivity index (χ0v) is 17.3. The largest absolute Gasteiger partial charge is 0.459 e. The third kappa shape index (κ3) is 3.88. The van der Waals surface area contributed by atoms with Crippen LogP contribution in [0.3, 0.4) is 0 Å². The van der Waals surface area contributed by atoms with E-state index in [1.54, 1.807) is 18.2 Å². The van der Waals surface area contributed by atoms with Gasteiger partial charge in [0, 0.05) is 11.4 Å². The minimum Gasteiger partial charge on any atom is -0.459 e. The van der Waals surface area contributed by atoms with Gasteiger partial charge in [0.05, 0.1) is 11.7 Å². The van der Waals surface area contributed by atoms with Gasteiger partial charge in [-0.3, -0.25) is 9.59 Å². The summed E-state index contributed by atoms with van der Waals surface area (Å²) in [4.78, 5) is 25.6. The molecule has 0 saturated heterocycles. The second kappa shape index (κ2) is 8.19. The van der Waals surface area contributed by atoms with Crippen LogP contribution in [0.4, 0.5) is 11.4 Å². The summed E-state index contributed by atoms with van der Waals surface area (Å²) in [5, 5.41) is 5.96. The van der Waals surface area contributed by atoms with Crippen LogP contribution in [0.15, 0.2) is 65.3 Å². The summed E-state index contributed by atoms with van der Waals surface area (Å²) in [7, 11) is 0. The van der Waals surface area contributed by atoms with Crippen LogP contribution < -0.4 is 10.6 Å². The Morgan fingerprint density at radius 1 is 0.933 bits per heavy atom. The Bertz CT molecular complexity index is 1050. The van der Waals surface area contributed by atoms with Crippen molar-refractivity contribution in [1.29, 1.82) is 0 Å². The molecule has 1 aliphatic carbocycles. The van der Waals surface area contributed by atoms with Crippen molar-refractivity contribution in [2.45, 2.75) is 44.9 Å². The minimum absolute atomic E-state index is 0.0376. The van der Waals surface area contributed by atoms with Gasteiger partial charge in [-0.1, -0.05) is 42.7 Å². The number of carbonyl (C=O) groups excluding carboxylic acids is 2. The molecule has 1 heterocycles. The minimum atomic E-state index is -0.478. The Kier molecular flexibility index (Phi) is 5.44. The number of nitrogens with one attached hydrogen (secondary N) is 2. The molecule has 1 fully saturated rings. The normalized spacial score (nSPS) is 15.0. The highest BCUT2D eigenvalue weighted by atomic mass is 16.3. The molecule has 0 atom stereocenters. The van der Waals surface area contributed by atoms with Crippen LogP contribution in [0.1, 0.15) is 52.9 Å². The molecule has 0 bridgehead atoms. The number of rotatable bonds is 5. The van der Waals surface area contributed by atoms with E-state index in [2.05, 4.69) is 41.8 Å². The van der Waals surface area contributed by atoms with Gasteiger partial charge in [0.25, 0.3) is 5.91 Å². The van der Waals surface area contributed by atoms with Gasteiger partial charge in [-0.05, 0) is 68.1 Å². The maximum absolute atomic E-state index is 13.4. The second-order valence-corrected chi connectivity index (χ2v) is 8.07. The van der Waals surface area contributed by atoms with E-state index < -0.39 is 5.41 Å². The van der Waals surface area contributed by atoms with Crippen LogP contribution in [0.2, 0.25) is 0 Å². The van der Waals surface area contributed by atoms with Crippen LogP contribution in [0.25, 0.3) is 0 Å². The lowest BCUT2D eigenvalue weighted by molar-refractivity contribution is -0.121. The molecule has 0 spiro atoms. The van der Waals surface area contributed by atoms with Crippen molar-refractivity contribution in [3.63, 3.8) is 0 Å². The van der Waals surface area contributed by atoms with E-state index in [0.717, 1.165) is 42.5 Å². The van der Waals surface area contributed by atoms with Crippen LogP contribution in [0.5, 0.6) is 0 Å². The van der Waals surface area contributed by atoms with Gasteiger partial charge in [-0.15, -0.1) is 0 Å². The molecule has 2 amide bonds. The van der Waals surface area contributed by atoms with E-state index in [9.17, 15) is 9.59 Å². The average molecular weight is 402 g/mol. The Morgan fingerprint density at radius 3 is 2.30 bits per heavy atom. The molecule has 5 nitrogen and oxygen atoms in total. The van der Waals surface area contributed by atoms with Gasteiger partial charge in [-0.2, -0.15) is 0 Å². The standard InChI is InChI=1S/C25H26N2O3/c1-17-7-9-19(10-8-17)25(13-3-4-14-25)24(29)26-20-11-12-21(18(2)16-20)27-23(28)22-6-5-15-30-22/h5-12,15-16H,3-4,13-14H2,1-2H3,(H,26,29)(H,27,28). The summed E-state index contributed by atoms with van der Waals surface area (Å²) in [5.74, 6) is -0.00663. The van der Waals surface area contributed by atoms with Gasteiger partial charge < -0.3 is 15.1 Å². The number of amides is 2. The summed E-state index contributed by atoms with van der Waals surface area (Å²) in [6.45, 7) is 3.96. The van der Waals surface area contributed by atoms with Crippen LogP contribution in [-0.2, 0) is 10.2 Å². The smallest absolute Gasteiger partial charge is 0.291 e. The average Bonchev–Trinajstić information content (AvgIpc) is 3.43. The fraction of sp³-hybridized carbons (Fsp3) is 0.280. The van der Waals surface area contributed by atoms with Crippen molar-refractivity contribution in [2.75, 3.05) is 10.6 Å². The third-order valence-electron chi connectivity index (χ3n) is 5.97. The van der Waals surface area contributed by atoms with Gasteiger partial charge >= 0.3 is 0 Å². The third-order valence-corrected chi connectivity index (χ3v) is 5.97. The Morgan fingerprint density at radius 2 is 1.67 bits per heavy atom. The zero-order chi connectivity index (χ0) is 21.1. The Balaban J connectivity index is 1.51. The maximum Gasteiger partial charge on any atom is 0.291 e. The molecule has 1 aromatic heterocycles. The first kappa shape index (κ1) is 20.0. The predicted octanol–water partition coefficient (Wildman–Crippen LogP) is 5.60. The highest BCUT2D eigenvalue weighted by molar-refractivity contribution is 6.03. The topological polar surface area (TPSA) is 71.3 Å². The van der Waals surface area contributed by atoms with Crippen molar-refractivity contribution in [3.8, 4) is 0 Å². The lowest BCUT2D eigenvalue weighted by atomic mass is 9.77. The van der Waals surface area contributed by atoms with Crippen molar-refractivity contribution < 1.29 is 14.0 Å². The van der Waals surface area contributed by atoms with Crippen LogP contribution in [-0.4, -0.2) is 11.8 Å². The number of hydrogen-bond acceptors (Lipinski definition) is 3. The molecular formula is C25H26N2O3. The molecule has 0 aliphatic heterocycles. The monoisotopic (exact) mass is 402 g/mol. The number of furan rings is 1. The quantitative estimate of drug-likeness (QED) is 0.584. The Hall–Kier alpha value is -3.34. The number of hydrogen-bond donors (Lipinski definition) is 2. The highest BCUT2D eigenvalue weighted by Crippen LogP contribution is 2.42. The van der Waals surface area contributed by atoms with E-state index in [1.807, 2.05) is 19.1 Å². The molecule has 2 aromatic carbocycles. The molecular weight excluding hydrogens is 376 g/mol. The van der Waals surface area contributed by atoms with Gasteiger partial charge in [0.15, 0.2) is 5.76 Å². The number of carbonyl (C=O) groups is 2. The Labute approximate surface area is 176 Å². The van der Waals surface area contributed by atoms with E-state index in [0.29, 0.717) is 5.69 Å². The number of anilines is 2. The number of aryl methyl sites for hydroxylation is 2. The lowest BCUT2D eigenvalue weighted by Crippen LogP contribution is -2.38. The lowest BCUT2D eigenvalue weighted by Gasteiger charge is -2.28. The second-order valence-electron chi connectivity index (χ2n) is 8.07. The molecule has 3 aromatic rings. The van der Waals surface area contributed by atoms with E-state index in [-0.39, 0.29) is 17.6 Å². The summed E-state index contributed by atoms with van der Waals surface area (Å²) >= 11 is 0. The summed E-state index contributed by atoms with van der Waals surface area (Å²) in [6, 6.07) is 17.1. The first-order valence-electron chi connectivity index (χ1n) is 10.3. The maximum atomic E-state index is 13.4. The first-order valence-corrected chi connectivity index (χ1v) is 10.3. The zero-order valence-electron chi connectivity index (χ0n) is 17.3. The van der Waals surface area contributed by atoms with Gasteiger partial charge in [0.1, 0.15) is 0 Å². The molecule has 4 rings (SSSR count). The number of benzene rings is 2. The van der Waals surface area contributed by atoms with Gasteiger partial charge in [-0.25, -0.2) is 0 Å².